The molecular weight excluding hydrogens is 198 g/mol. The fourth-order valence-electron chi connectivity index (χ4n) is 2.86. The van der Waals surface area contributed by atoms with Crippen LogP contribution < -0.4 is 5.73 Å². The van der Waals surface area contributed by atoms with Crippen molar-refractivity contribution in [3.63, 3.8) is 0 Å². The minimum absolute atomic E-state index is 0.361. The van der Waals surface area contributed by atoms with Crippen LogP contribution in [0.3, 0.4) is 0 Å². The summed E-state index contributed by atoms with van der Waals surface area (Å²) >= 11 is 0. The topological polar surface area (TPSA) is 39.2 Å². The summed E-state index contributed by atoms with van der Waals surface area (Å²) in [6, 6.07) is 8.60. The SMILES string of the molecule is NCCC1(c2ccc3occc3c2)CCC1. The second-order valence-electron chi connectivity index (χ2n) is 4.85. The van der Waals surface area contributed by atoms with E-state index in [1.807, 2.05) is 6.07 Å². The Kier molecular flexibility index (Phi) is 2.25. The molecule has 1 aromatic heterocycles. The fourth-order valence-corrected chi connectivity index (χ4v) is 2.86. The number of hydrogen-bond donors (Lipinski definition) is 1. The Morgan fingerprint density at radius 3 is 2.81 bits per heavy atom. The molecule has 0 spiro atoms. The van der Waals surface area contributed by atoms with E-state index in [2.05, 4.69) is 18.2 Å². The van der Waals surface area contributed by atoms with Crippen molar-refractivity contribution >= 4 is 11.0 Å². The summed E-state index contributed by atoms with van der Waals surface area (Å²) in [5, 5.41) is 1.21. The van der Waals surface area contributed by atoms with Gasteiger partial charge in [0, 0.05) is 5.39 Å². The molecule has 2 aromatic rings. The molecule has 1 saturated carbocycles. The van der Waals surface area contributed by atoms with Crippen LogP contribution in [0.25, 0.3) is 11.0 Å². The second-order valence-corrected chi connectivity index (χ2v) is 4.85. The lowest BCUT2D eigenvalue weighted by Gasteiger charge is -2.42. The molecule has 0 atom stereocenters. The van der Waals surface area contributed by atoms with E-state index in [1.165, 1.54) is 30.2 Å². The summed E-state index contributed by atoms with van der Waals surface area (Å²) in [6.45, 7) is 0.781. The summed E-state index contributed by atoms with van der Waals surface area (Å²) in [4.78, 5) is 0. The first-order valence-electron chi connectivity index (χ1n) is 6.02. The zero-order valence-electron chi connectivity index (χ0n) is 9.41. The average molecular weight is 215 g/mol. The molecule has 0 bridgehead atoms. The fraction of sp³-hybridized carbons (Fsp3) is 0.429. The van der Waals surface area contributed by atoms with Gasteiger partial charge in [-0.2, -0.15) is 0 Å². The van der Waals surface area contributed by atoms with E-state index in [-0.39, 0.29) is 0 Å². The van der Waals surface area contributed by atoms with Crippen molar-refractivity contribution in [2.24, 2.45) is 5.73 Å². The first-order chi connectivity index (χ1) is 7.84. The van der Waals surface area contributed by atoms with Crippen molar-refractivity contribution in [2.45, 2.75) is 31.1 Å². The molecule has 84 valence electrons. The van der Waals surface area contributed by atoms with Crippen molar-refractivity contribution in [2.75, 3.05) is 6.54 Å². The van der Waals surface area contributed by atoms with Crippen LogP contribution in [0.1, 0.15) is 31.2 Å². The molecule has 2 nitrogen and oxygen atoms in total. The monoisotopic (exact) mass is 215 g/mol. The Hall–Kier alpha value is -1.28. The molecule has 1 aromatic carbocycles. The molecular formula is C14H17NO. The minimum atomic E-state index is 0.361. The lowest BCUT2D eigenvalue weighted by atomic mass is 9.62. The summed E-state index contributed by atoms with van der Waals surface area (Å²) in [7, 11) is 0. The van der Waals surface area contributed by atoms with Crippen LogP contribution in [0, 0.1) is 0 Å². The zero-order chi connectivity index (χ0) is 11.0. The lowest BCUT2D eigenvalue weighted by Crippen LogP contribution is -2.36. The van der Waals surface area contributed by atoms with Crippen molar-refractivity contribution in [1.82, 2.24) is 0 Å². The number of hydrogen-bond acceptors (Lipinski definition) is 2. The van der Waals surface area contributed by atoms with Crippen molar-refractivity contribution in [3.05, 3.63) is 36.1 Å². The minimum Gasteiger partial charge on any atom is -0.464 e. The molecule has 2 heteroatoms. The van der Waals surface area contributed by atoms with Crippen molar-refractivity contribution in [1.29, 1.82) is 0 Å². The maximum atomic E-state index is 5.74. The Labute approximate surface area is 95.4 Å². The van der Waals surface area contributed by atoms with Gasteiger partial charge in [0.2, 0.25) is 0 Å². The predicted molar refractivity (Wildman–Crippen MR) is 65.4 cm³/mol. The van der Waals surface area contributed by atoms with Gasteiger partial charge in [-0.25, -0.2) is 0 Å². The molecule has 0 radical (unpaired) electrons. The number of fused-ring (bicyclic) bond motifs is 1. The number of furan rings is 1. The van der Waals surface area contributed by atoms with Gasteiger partial charge in [-0.3, -0.25) is 0 Å². The number of rotatable bonds is 3. The van der Waals surface area contributed by atoms with Gasteiger partial charge in [0.25, 0.3) is 0 Å². The third kappa shape index (κ3) is 1.37. The smallest absolute Gasteiger partial charge is 0.133 e. The Morgan fingerprint density at radius 2 is 2.12 bits per heavy atom. The summed E-state index contributed by atoms with van der Waals surface area (Å²) in [5.41, 5.74) is 8.52. The highest BCUT2D eigenvalue weighted by Gasteiger charge is 2.37. The van der Waals surface area contributed by atoms with E-state index in [0.29, 0.717) is 5.41 Å². The molecule has 1 heterocycles. The average Bonchev–Trinajstić information content (AvgIpc) is 2.70. The van der Waals surface area contributed by atoms with Crippen LogP contribution >= 0.6 is 0 Å². The van der Waals surface area contributed by atoms with Crippen LogP contribution in [-0.2, 0) is 5.41 Å². The van der Waals surface area contributed by atoms with E-state index in [9.17, 15) is 0 Å². The van der Waals surface area contributed by atoms with Gasteiger partial charge in [0.05, 0.1) is 6.26 Å². The van der Waals surface area contributed by atoms with Gasteiger partial charge in [-0.05, 0) is 55.0 Å². The maximum Gasteiger partial charge on any atom is 0.133 e. The van der Waals surface area contributed by atoms with Crippen molar-refractivity contribution in [3.8, 4) is 0 Å². The Balaban J connectivity index is 2.03. The van der Waals surface area contributed by atoms with Gasteiger partial charge in [0.1, 0.15) is 5.58 Å². The lowest BCUT2D eigenvalue weighted by molar-refractivity contribution is 0.229. The summed E-state index contributed by atoms with van der Waals surface area (Å²) in [6.07, 6.45) is 6.77. The van der Waals surface area contributed by atoms with Crippen LogP contribution in [0.5, 0.6) is 0 Å². The Bertz CT molecular complexity index is 496. The van der Waals surface area contributed by atoms with Crippen LogP contribution in [0.15, 0.2) is 34.9 Å². The van der Waals surface area contributed by atoms with Crippen LogP contribution in [0.4, 0.5) is 0 Å². The molecule has 3 rings (SSSR count). The molecule has 1 aliphatic rings. The highest BCUT2D eigenvalue weighted by atomic mass is 16.3. The van der Waals surface area contributed by atoms with Crippen LogP contribution in [0.2, 0.25) is 0 Å². The van der Waals surface area contributed by atoms with E-state index < -0.39 is 0 Å². The molecule has 0 aliphatic heterocycles. The second kappa shape index (κ2) is 3.63. The van der Waals surface area contributed by atoms with Gasteiger partial charge in [0.15, 0.2) is 0 Å². The Morgan fingerprint density at radius 1 is 1.25 bits per heavy atom. The van der Waals surface area contributed by atoms with Gasteiger partial charge < -0.3 is 10.2 Å². The highest BCUT2D eigenvalue weighted by molar-refractivity contribution is 5.78. The van der Waals surface area contributed by atoms with Crippen molar-refractivity contribution < 1.29 is 4.42 Å². The highest BCUT2D eigenvalue weighted by Crippen LogP contribution is 2.46. The quantitative estimate of drug-likeness (QED) is 0.854. The third-order valence-electron chi connectivity index (χ3n) is 4.00. The molecule has 0 saturated heterocycles. The molecule has 1 aliphatic carbocycles. The maximum absolute atomic E-state index is 5.74. The zero-order valence-corrected chi connectivity index (χ0v) is 9.41. The van der Waals surface area contributed by atoms with E-state index in [4.69, 9.17) is 10.2 Å². The van der Waals surface area contributed by atoms with Gasteiger partial charge in [-0.1, -0.05) is 12.5 Å². The van der Waals surface area contributed by atoms with Gasteiger partial charge in [-0.15, -0.1) is 0 Å². The summed E-state index contributed by atoms with van der Waals surface area (Å²) in [5.74, 6) is 0. The first-order valence-corrected chi connectivity index (χ1v) is 6.02. The van der Waals surface area contributed by atoms with E-state index in [0.717, 1.165) is 18.5 Å². The third-order valence-corrected chi connectivity index (χ3v) is 4.00. The molecule has 0 amide bonds. The molecule has 0 unspecified atom stereocenters. The molecule has 1 fully saturated rings. The predicted octanol–water partition coefficient (Wildman–Crippen LogP) is 3.20. The molecule has 16 heavy (non-hydrogen) atoms. The molecule has 2 N–H and O–H groups in total. The summed E-state index contributed by atoms with van der Waals surface area (Å²) < 4.78 is 5.37. The van der Waals surface area contributed by atoms with E-state index in [1.54, 1.807) is 6.26 Å². The standard InChI is InChI=1S/C14H17NO/c15-8-7-14(5-1-6-14)12-2-3-13-11(10-12)4-9-16-13/h2-4,9-10H,1,5-8,15H2. The van der Waals surface area contributed by atoms with E-state index >= 15 is 0 Å². The normalized spacial score (nSPS) is 18.6. The number of benzene rings is 1. The van der Waals surface area contributed by atoms with Gasteiger partial charge >= 0.3 is 0 Å². The largest absolute Gasteiger partial charge is 0.464 e. The van der Waals surface area contributed by atoms with Crippen LogP contribution in [-0.4, -0.2) is 6.54 Å². The number of nitrogens with two attached hydrogens (primary N) is 1. The first kappa shape index (κ1) is 9.91.